The zero-order chi connectivity index (χ0) is 20.1. The molecule has 0 saturated heterocycles. The number of Topliss-reactive ketones (excluding diaryl/α,β-unsaturated/α-hetero) is 1. The summed E-state index contributed by atoms with van der Waals surface area (Å²) < 4.78 is 1.59. The van der Waals surface area contributed by atoms with Gasteiger partial charge in [0.15, 0.2) is 0 Å². The minimum absolute atomic E-state index is 0.162. The van der Waals surface area contributed by atoms with Gasteiger partial charge in [0.1, 0.15) is 6.04 Å². The zero-order valence-electron chi connectivity index (χ0n) is 15.3. The maximum Gasteiger partial charge on any atom is 0.287 e. The third-order valence-corrected chi connectivity index (χ3v) is 4.38. The molecule has 0 radical (unpaired) electrons. The lowest BCUT2D eigenvalue weighted by molar-refractivity contribution is -0.137. The number of rotatable bonds is 7. The number of ketones is 1. The maximum absolute atomic E-state index is 12.9. The molecule has 1 aromatic heterocycles. The summed E-state index contributed by atoms with van der Waals surface area (Å²) in [6.45, 7) is 0. The van der Waals surface area contributed by atoms with Crippen molar-refractivity contribution in [2.75, 3.05) is 0 Å². The predicted molar refractivity (Wildman–Crippen MR) is 104 cm³/mol. The summed E-state index contributed by atoms with van der Waals surface area (Å²) in [5.41, 5.74) is 7.71. The summed E-state index contributed by atoms with van der Waals surface area (Å²) in [7, 11) is 1.73. The van der Waals surface area contributed by atoms with Crippen LogP contribution in [0.5, 0.6) is 0 Å². The third-order valence-electron chi connectivity index (χ3n) is 4.38. The average molecular weight is 376 g/mol. The fourth-order valence-corrected chi connectivity index (χ4v) is 3.01. The molecule has 3 rings (SSSR count). The SMILES string of the molecule is Cn1ncc(C(=O)NC(Cc2ccccc2)C(=O)C(N)=O)c1-c1ccccc1. The second kappa shape index (κ2) is 8.30. The van der Waals surface area contributed by atoms with E-state index in [0.29, 0.717) is 11.3 Å². The van der Waals surface area contributed by atoms with Gasteiger partial charge < -0.3 is 11.1 Å². The first-order chi connectivity index (χ1) is 13.5. The molecule has 0 fully saturated rings. The Bertz CT molecular complexity index is 997. The minimum atomic E-state index is -1.09. The van der Waals surface area contributed by atoms with E-state index >= 15 is 0 Å². The number of primary amides is 1. The van der Waals surface area contributed by atoms with Crippen molar-refractivity contribution in [3.8, 4) is 11.3 Å². The number of aryl methyl sites for hydroxylation is 1. The van der Waals surface area contributed by atoms with E-state index in [2.05, 4.69) is 10.4 Å². The number of nitrogens with one attached hydrogen (secondary N) is 1. The number of hydrogen-bond acceptors (Lipinski definition) is 4. The van der Waals surface area contributed by atoms with Gasteiger partial charge >= 0.3 is 0 Å². The Labute approximate surface area is 162 Å². The standard InChI is InChI=1S/C21H20N4O3/c1-25-18(15-10-6-3-7-11-15)16(13-23-25)21(28)24-17(19(26)20(22)27)12-14-8-4-2-5-9-14/h2-11,13,17H,12H2,1H3,(H2,22,27)(H,24,28). The van der Waals surface area contributed by atoms with E-state index < -0.39 is 23.6 Å². The average Bonchev–Trinajstić information content (AvgIpc) is 3.09. The first-order valence-electron chi connectivity index (χ1n) is 8.73. The number of hydrogen-bond donors (Lipinski definition) is 2. The lowest BCUT2D eigenvalue weighted by atomic mass is 10.0. The lowest BCUT2D eigenvalue weighted by Crippen LogP contribution is -2.47. The van der Waals surface area contributed by atoms with Gasteiger partial charge in [-0.1, -0.05) is 60.7 Å². The van der Waals surface area contributed by atoms with E-state index in [0.717, 1.165) is 11.1 Å². The molecule has 1 unspecified atom stereocenters. The summed E-state index contributed by atoms with van der Waals surface area (Å²) in [5.74, 6) is -2.43. The number of carbonyl (C=O) groups is 3. The van der Waals surface area contributed by atoms with Gasteiger partial charge in [-0.15, -0.1) is 0 Å². The van der Waals surface area contributed by atoms with Crippen LogP contribution in [0.4, 0.5) is 0 Å². The maximum atomic E-state index is 12.9. The number of nitrogens with two attached hydrogens (primary N) is 1. The second-order valence-electron chi connectivity index (χ2n) is 6.34. The highest BCUT2D eigenvalue weighted by Gasteiger charge is 2.27. The van der Waals surface area contributed by atoms with Crippen molar-refractivity contribution < 1.29 is 14.4 Å². The molecule has 3 aromatic rings. The Kier molecular flexibility index (Phi) is 5.64. The molecule has 7 heteroatoms. The molecule has 28 heavy (non-hydrogen) atoms. The molecule has 3 N–H and O–H groups in total. The molecule has 0 saturated carbocycles. The Morgan fingerprint density at radius 3 is 2.25 bits per heavy atom. The van der Waals surface area contributed by atoms with Gasteiger partial charge in [-0.05, 0) is 5.56 Å². The third kappa shape index (κ3) is 4.15. The molecule has 7 nitrogen and oxygen atoms in total. The highest BCUT2D eigenvalue weighted by Crippen LogP contribution is 2.23. The van der Waals surface area contributed by atoms with E-state index in [9.17, 15) is 14.4 Å². The van der Waals surface area contributed by atoms with E-state index in [4.69, 9.17) is 5.73 Å². The number of benzene rings is 2. The van der Waals surface area contributed by atoms with Crippen LogP contribution in [0.2, 0.25) is 0 Å². The van der Waals surface area contributed by atoms with Gasteiger partial charge in [-0.2, -0.15) is 5.10 Å². The molecule has 0 aliphatic heterocycles. The monoisotopic (exact) mass is 376 g/mol. The van der Waals surface area contributed by atoms with E-state index in [-0.39, 0.29) is 6.42 Å². The normalized spacial score (nSPS) is 11.6. The van der Waals surface area contributed by atoms with Crippen LogP contribution < -0.4 is 11.1 Å². The van der Waals surface area contributed by atoms with Crippen molar-refractivity contribution >= 4 is 17.6 Å². The lowest BCUT2D eigenvalue weighted by Gasteiger charge is -2.16. The summed E-state index contributed by atoms with van der Waals surface area (Å²) in [4.78, 5) is 36.6. The van der Waals surface area contributed by atoms with Crippen LogP contribution in [-0.4, -0.2) is 33.4 Å². The van der Waals surface area contributed by atoms with E-state index in [1.165, 1.54) is 6.20 Å². The van der Waals surface area contributed by atoms with E-state index in [1.807, 2.05) is 60.7 Å². The smallest absolute Gasteiger partial charge is 0.287 e. The highest BCUT2D eigenvalue weighted by atomic mass is 16.2. The molecule has 0 spiro atoms. The second-order valence-corrected chi connectivity index (χ2v) is 6.34. The van der Waals surface area contributed by atoms with Crippen molar-refractivity contribution in [3.05, 3.63) is 78.0 Å². The minimum Gasteiger partial charge on any atom is -0.363 e. The molecule has 1 heterocycles. The van der Waals surface area contributed by atoms with Crippen molar-refractivity contribution in [3.63, 3.8) is 0 Å². The molecule has 0 aliphatic rings. The Balaban J connectivity index is 1.89. The highest BCUT2D eigenvalue weighted by molar-refractivity contribution is 6.38. The van der Waals surface area contributed by atoms with Crippen molar-refractivity contribution in [1.29, 1.82) is 0 Å². The van der Waals surface area contributed by atoms with E-state index in [1.54, 1.807) is 11.7 Å². The first kappa shape index (κ1) is 19.0. The van der Waals surface area contributed by atoms with Crippen LogP contribution in [0.3, 0.4) is 0 Å². The Morgan fingerprint density at radius 2 is 1.64 bits per heavy atom. The van der Waals surface area contributed by atoms with Crippen LogP contribution >= 0.6 is 0 Å². The summed E-state index contributed by atoms with van der Waals surface area (Å²) in [6, 6.07) is 17.4. The molecule has 0 bridgehead atoms. The van der Waals surface area contributed by atoms with Gasteiger partial charge in [-0.3, -0.25) is 19.1 Å². The van der Waals surface area contributed by atoms with Crippen LogP contribution in [0.1, 0.15) is 15.9 Å². The van der Waals surface area contributed by atoms with Crippen molar-refractivity contribution in [1.82, 2.24) is 15.1 Å². The van der Waals surface area contributed by atoms with Gasteiger partial charge in [0.2, 0.25) is 5.78 Å². The van der Waals surface area contributed by atoms with Crippen molar-refractivity contribution in [2.24, 2.45) is 12.8 Å². The van der Waals surface area contributed by atoms with Crippen LogP contribution in [0.25, 0.3) is 11.3 Å². The number of amides is 2. The molecule has 1 atom stereocenters. The largest absolute Gasteiger partial charge is 0.363 e. The van der Waals surface area contributed by atoms with Crippen molar-refractivity contribution in [2.45, 2.75) is 12.5 Å². The number of aromatic nitrogens is 2. The fraction of sp³-hybridized carbons (Fsp3) is 0.143. The van der Waals surface area contributed by atoms with Gasteiger partial charge in [0.05, 0.1) is 17.5 Å². The van der Waals surface area contributed by atoms with Gasteiger partial charge in [0.25, 0.3) is 11.8 Å². The Morgan fingerprint density at radius 1 is 1.04 bits per heavy atom. The zero-order valence-corrected chi connectivity index (χ0v) is 15.3. The van der Waals surface area contributed by atoms with Gasteiger partial charge in [0, 0.05) is 19.0 Å². The molecule has 2 aromatic carbocycles. The summed E-state index contributed by atoms with van der Waals surface area (Å²) in [6.07, 6.45) is 1.60. The molecule has 2 amide bonds. The molecular weight excluding hydrogens is 356 g/mol. The predicted octanol–water partition coefficient (Wildman–Crippen LogP) is 1.48. The molecular formula is C21H20N4O3. The first-order valence-corrected chi connectivity index (χ1v) is 8.73. The fourth-order valence-electron chi connectivity index (χ4n) is 3.01. The topological polar surface area (TPSA) is 107 Å². The summed E-state index contributed by atoms with van der Waals surface area (Å²) >= 11 is 0. The quantitative estimate of drug-likeness (QED) is 0.609. The van der Waals surface area contributed by atoms with Crippen LogP contribution in [0, 0.1) is 0 Å². The van der Waals surface area contributed by atoms with Gasteiger partial charge in [-0.25, -0.2) is 0 Å². The van der Waals surface area contributed by atoms with Crippen LogP contribution in [0.15, 0.2) is 66.9 Å². The molecule has 142 valence electrons. The van der Waals surface area contributed by atoms with Crippen LogP contribution in [-0.2, 0) is 23.1 Å². The number of carbonyl (C=O) groups excluding carboxylic acids is 3. The molecule has 0 aliphatic carbocycles. The Hall–Kier alpha value is -3.74. The number of nitrogens with zero attached hydrogens (tertiary/aromatic N) is 2. The summed E-state index contributed by atoms with van der Waals surface area (Å²) in [5, 5.41) is 6.81.